The molecule has 0 radical (unpaired) electrons. The number of carbonyl (C=O) groups excluding carboxylic acids is 1. The molecule has 0 aliphatic carbocycles. The van der Waals surface area contributed by atoms with Crippen LogP contribution >= 0.6 is 31.9 Å². The summed E-state index contributed by atoms with van der Waals surface area (Å²) >= 11 is 6.82. The van der Waals surface area contributed by atoms with Crippen LogP contribution < -0.4 is 15.1 Å². The van der Waals surface area contributed by atoms with Gasteiger partial charge in [-0.25, -0.2) is 5.43 Å². The number of hydrazone groups is 1. The van der Waals surface area contributed by atoms with Crippen LogP contribution in [0.25, 0.3) is 0 Å². The molecule has 0 bridgehead atoms. The van der Waals surface area contributed by atoms with E-state index in [9.17, 15) is 4.79 Å². The maximum absolute atomic E-state index is 12.2. The van der Waals surface area contributed by atoms with Crippen LogP contribution in [0.1, 0.15) is 63.1 Å². The fraction of sp³-hybridized carbons (Fsp3) is 0.440. The van der Waals surface area contributed by atoms with Gasteiger partial charge >= 0.3 is 0 Å². The summed E-state index contributed by atoms with van der Waals surface area (Å²) in [5.74, 6) is 0.760. The Morgan fingerprint density at radius 2 is 2.06 bits per heavy atom. The van der Waals surface area contributed by atoms with Crippen molar-refractivity contribution in [2.45, 2.75) is 58.9 Å². The van der Waals surface area contributed by atoms with Crippen LogP contribution in [0.3, 0.4) is 0 Å². The van der Waals surface area contributed by atoms with Gasteiger partial charge in [-0.15, -0.1) is 0 Å². The summed E-state index contributed by atoms with van der Waals surface area (Å²) in [5.41, 5.74) is 7.53. The van der Waals surface area contributed by atoms with Gasteiger partial charge < -0.3 is 9.64 Å². The van der Waals surface area contributed by atoms with E-state index >= 15 is 0 Å². The average molecular weight is 565 g/mol. The number of hydrogen-bond donors (Lipinski definition) is 1. The van der Waals surface area contributed by atoms with Gasteiger partial charge in [-0.3, -0.25) is 4.79 Å². The molecule has 1 atom stereocenters. The number of fused-ring (bicyclic) bond motifs is 1. The molecular weight excluding hydrogens is 534 g/mol. The molecule has 0 fully saturated rings. The average Bonchev–Trinajstić information content (AvgIpc) is 2.71. The van der Waals surface area contributed by atoms with E-state index in [1.165, 1.54) is 11.3 Å². The van der Waals surface area contributed by atoms with Gasteiger partial charge in [0.25, 0.3) is 5.91 Å². The molecule has 0 saturated carbocycles. The molecule has 1 amide bonds. The number of benzene rings is 2. The van der Waals surface area contributed by atoms with Gasteiger partial charge in [0.1, 0.15) is 5.75 Å². The molecule has 1 aliphatic rings. The molecule has 0 aromatic heterocycles. The van der Waals surface area contributed by atoms with Crippen molar-refractivity contribution in [3.05, 3.63) is 56.0 Å². The number of aryl methyl sites for hydroxylation is 1. The van der Waals surface area contributed by atoms with Crippen molar-refractivity contribution in [3.8, 4) is 5.75 Å². The molecule has 2 aromatic rings. The van der Waals surface area contributed by atoms with Crippen LogP contribution in [0, 0.1) is 6.92 Å². The summed E-state index contributed by atoms with van der Waals surface area (Å²) in [5, 5.41) is 4.17. The first-order chi connectivity index (χ1) is 15.1. The Kier molecular flexibility index (Phi) is 8.04. The van der Waals surface area contributed by atoms with Gasteiger partial charge in [-0.05, 0) is 102 Å². The third-order valence-corrected chi connectivity index (χ3v) is 6.98. The Hall–Kier alpha value is -1.86. The van der Waals surface area contributed by atoms with E-state index in [1.54, 1.807) is 12.3 Å². The largest absolute Gasteiger partial charge is 0.483 e. The van der Waals surface area contributed by atoms with Crippen LogP contribution in [0.4, 0.5) is 5.69 Å². The summed E-state index contributed by atoms with van der Waals surface area (Å²) in [7, 11) is 0. The zero-order valence-electron chi connectivity index (χ0n) is 19.3. The number of rotatable bonds is 7. The lowest BCUT2D eigenvalue weighted by Crippen LogP contribution is -2.48. The van der Waals surface area contributed by atoms with E-state index in [2.05, 4.69) is 94.0 Å². The van der Waals surface area contributed by atoms with Crippen LogP contribution in [0.2, 0.25) is 0 Å². The van der Waals surface area contributed by atoms with E-state index in [4.69, 9.17) is 4.74 Å². The summed E-state index contributed by atoms with van der Waals surface area (Å²) < 4.78 is 7.28. The summed E-state index contributed by atoms with van der Waals surface area (Å²) in [6, 6.07) is 10.0. The molecule has 3 rings (SSSR count). The summed E-state index contributed by atoms with van der Waals surface area (Å²) in [6.07, 6.45) is 3.95. The number of nitrogens with one attached hydrogen (secondary N) is 1. The number of anilines is 1. The SMILES string of the molecule is CCCN1c2cc(C)c(/C=N/NC(=O)COc3ccc(Br)cc3Br)cc2C(C)CC1(C)C. The third kappa shape index (κ3) is 5.73. The normalized spacial score (nSPS) is 17.3. The van der Waals surface area contributed by atoms with Gasteiger partial charge in [0, 0.05) is 22.2 Å². The lowest BCUT2D eigenvalue weighted by Gasteiger charge is -2.48. The van der Waals surface area contributed by atoms with E-state index in [0.29, 0.717) is 11.7 Å². The van der Waals surface area contributed by atoms with Crippen molar-refractivity contribution < 1.29 is 9.53 Å². The number of ether oxygens (including phenoxy) is 1. The first-order valence-electron chi connectivity index (χ1n) is 10.9. The minimum absolute atomic E-state index is 0.112. The van der Waals surface area contributed by atoms with Crippen molar-refractivity contribution in [3.63, 3.8) is 0 Å². The first kappa shape index (κ1) is 24.8. The predicted octanol–water partition coefficient (Wildman–Crippen LogP) is 6.55. The van der Waals surface area contributed by atoms with Crippen molar-refractivity contribution in [2.24, 2.45) is 5.10 Å². The zero-order valence-corrected chi connectivity index (χ0v) is 22.5. The highest BCUT2D eigenvalue weighted by atomic mass is 79.9. The quantitative estimate of drug-likeness (QED) is 0.306. The van der Waals surface area contributed by atoms with Gasteiger partial charge in [0.05, 0.1) is 10.7 Å². The second kappa shape index (κ2) is 10.4. The highest BCUT2D eigenvalue weighted by Crippen LogP contribution is 2.44. The standard InChI is InChI=1S/C25H31Br2N3O2/c1-6-9-30-22-10-16(2)18(11-20(22)17(3)13-25(30,4)5)14-28-29-24(31)15-32-23-8-7-19(26)12-21(23)27/h7-8,10-12,14,17H,6,9,13,15H2,1-5H3,(H,29,31)/b28-14+. The van der Waals surface area contributed by atoms with Crippen LogP contribution in [-0.2, 0) is 4.79 Å². The smallest absolute Gasteiger partial charge is 0.277 e. The summed E-state index contributed by atoms with van der Waals surface area (Å²) in [4.78, 5) is 14.7. The van der Waals surface area contributed by atoms with Gasteiger partial charge in [-0.1, -0.05) is 29.8 Å². The number of nitrogens with zero attached hydrogens (tertiary/aromatic N) is 2. The van der Waals surface area contributed by atoms with E-state index < -0.39 is 0 Å². The number of halogens is 2. The Balaban J connectivity index is 1.68. The highest BCUT2D eigenvalue weighted by Gasteiger charge is 2.36. The predicted molar refractivity (Wildman–Crippen MR) is 139 cm³/mol. The summed E-state index contributed by atoms with van der Waals surface area (Å²) in [6.45, 7) is 12.2. The molecular formula is C25H31Br2N3O2. The zero-order chi connectivity index (χ0) is 23.5. The topological polar surface area (TPSA) is 53.9 Å². The Labute approximate surface area is 207 Å². The Morgan fingerprint density at radius 3 is 2.75 bits per heavy atom. The fourth-order valence-electron chi connectivity index (χ4n) is 4.38. The molecule has 172 valence electrons. The van der Waals surface area contributed by atoms with Crippen molar-refractivity contribution >= 4 is 49.7 Å². The van der Waals surface area contributed by atoms with Gasteiger partial charge in [-0.2, -0.15) is 5.10 Å². The van der Waals surface area contributed by atoms with Crippen molar-refractivity contribution in [1.82, 2.24) is 5.43 Å². The minimum Gasteiger partial charge on any atom is -0.483 e. The second-order valence-electron chi connectivity index (χ2n) is 8.99. The molecule has 1 N–H and O–H groups in total. The molecule has 0 saturated heterocycles. The van der Waals surface area contributed by atoms with Gasteiger partial charge in [0.15, 0.2) is 6.61 Å². The molecule has 1 heterocycles. The number of carbonyl (C=O) groups is 1. The Bertz CT molecular complexity index is 1020. The molecule has 1 unspecified atom stereocenters. The maximum Gasteiger partial charge on any atom is 0.277 e. The van der Waals surface area contributed by atoms with Crippen molar-refractivity contribution in [2.75, 3.05) is 18.1 Å². The molecule has 5 nitrogen and oxygen atoms in total. The maximum atomic E-state index is 12.2. The molecule has 1 aliphatic heterocycles. The first-order valence-corrected chi connectivity index (χ1v) is 12.5. The molecule has 32 heavy (non-hydrogen) atoms. The van der Waals surface area contributed by atoms with Crippen LogP contribution in [-0.4, -0.2) is 30.8 Å². The van der Waals surface area contributed by atoms with Gasteiger partial charge in [0.2, 0.25) is 0 Å². The Morgan fingerprint density at radius 1 is 1.31 bits per heavy atom. The molecule has 2 aromatic carbocycles. The van der Waals surface area contributed by atoms with E-state index in [0.717, 1.165) is 39.5 Å². The third-order valence-electron chi connectivity index (χ3n) is 5.87. The lowest BCUT2D eigenvalue weighted by atomic mass is 9.79. The minimum atomic E-state index is -0.309. The molecule has 0 spiro atoms. The van der Waals surface area contributed by atoms with E-state index in [-0.39, 0.29) is 18.1 Å². The molecule has 7 heteroatoms. The van der Waals surface area contributed by atoms with Crippen molar-refractivity contribution in [1.29, 1.82) is 0 Å². The highest BCUT2D eigenvalue weighted by molar-refractivity contribution is 9.11. The fourth-order valence-corrected chi connectivity index (χ4v) is 5.54. The second-order valence-corrected chi connectivity index (χ2v) is 10.8. The number of hydrogen-bond acceptors (Lipinski definition) is 4. The van der Waals surface area contributed by atoms with Crippen LogP contribution in [0.5, 0.6) is 5.75 Å². The monoisotopic (exact) mass is 563 g/mol. The van der Waals surface area contributed by atoms with E-state index in [1.807, 2.05) is 12.1 Å². The van der Waals surface area contributed by atoms with Crippen LogP contribution in [0.15, 0.2) is 44.4 Å². The lowest BCUT2D eigenvalue weighted by molar-refractivity contribution is -0.123. The number of amides is 1.